The first-order valence-electron chi connectivity index (χ1n) is 7.04. The number of nitrogens with zero attached hydrogens (tertiary/aromatic N) is 3. The molecule has 0 aromatic carbocycles. The van der Waals surface area contributed by atoms with E-state index in [1.54, 1.807) is 11.8 Å². The van der Waals surface area contributed by atoms with Crippen molar-refractivity contribution in [3.8, 4) is 0 Å². The monoisotopic (exact) mass is 305 g/mol. The molecule has 1 aliphatic heterocycles. The van der Waals surface area contributed by atoms with Gasteiger partial charge in [-0.2, -0.15) is 5.10 Å². The fourth-order valence-electron chi connectivity index (χ4n) is 2.95. The zero-order valence-corrected chi connectivity index (χ0v) is 13.0. The van der Waals surface area contributed by atoms with Crippen molar-refractivity contribution in [1.82, 2.24) is 14.7 Å². The lowest BCUT2D eigenvalue weighted by Gasteiger charge is -2.27. The van der Waals surface area contributed by atoms with Crippen molar-refractivity contribution in [2.24, 2.45) is 7.05 Å². The number of methoxy groups -OCH3 is 1. The van der Waals surface area contributed by atoms with Crippen LogP contribution in [0.2, 0.25) is 0 Å². The van der Waals surface area contributed by atoms with Gasteiger partial charge in [0.15, 0.2) is 0 Å². The molecule has 2 aromatic rings. The second kappa shape index (κ2) is 5.99. The number of ether oxygens (including phenoxy) is 1. The SMILES string of the molecule is CO[C@@H]1CCN(C(=O)c2cccs2)[C@@H]1Cc1cnn(C)c1. The molecule has 2 atom stereocenters. The molecule has 5 nitrogen and oxygen atoms in total. The second-order valence-corrected chi connectivity index (χ2v) is 6.28. The maximum Gasteiger partial charge on any atom is 0.264 e. The molecule has 0 spiro atoms. The van der Waals surface area contributed by atoms with Crippen LogP contribution in [0, 0.1) is 0 Å². The molecule has 3 heterocycles. The van der Waals surface area contributed by atoms with Gasteiger partial charge in [-0.1, -0.05) is 6.07 Å². The quantitative estimate of drug-likeness (QED) is 0.867. The molecule has 21 heavy (non-hydrogen) atoms. The average Bonchev–Trinajstić information content (AvgIpc) is 3.19. The highest BCUT2D eigenvalue weighted by Crippen LogP contribution is 2.26. The standard InChI is InChI=1S/C15H19N3O2S/c1-17-10-11(9-16-17)8-12-13(20-2)5-6-18(12)15(19)14-4-3-7-21-14/h3-4,7,9-10,12-13H,5-6,8H2,1-2H3/t12-,13-/m1/s1. The number of hydrogen-bond acceptors (Lipinski definition) is 4. The summed E-state index contributed by atoms with van der Waals surface area (Å²) < 4.78 is 7.37. The zero-order valence-electron chi connectivity index (χ0n) is 12.2. The van der Waals surface area contributed by atoms with Crippen molar-refractivity contribution in [2.45, 2.75) is 25.0 Å². The Labute approximate surface area is 128 Å². The van der Waals surface area contributed by atoms with E-state index in [0.717, 1.165) is 29.8 Å². The smallest absolute Gasteiger partial charge is 0.264 e. The minimum absolute atomic E-state index is 0.0776. The van der Waals surface area contributed by atoms with E-state index in [1.807, 2.05) is 41.9 Å². The number of aryl methyl sites for hydroxylation is 1. The lowest BCUT2D eigenvalue weighted by molar-refractivity contribution is 0.0512. The number of likely N-dealkylation sites (tertiary alicyclic amines) is 1. The van der Waals surface area contributed by atoms with Gasteiger partial charge in [-0.15, -0.1) is 11.3 Å². The number of thiophene rings is 1. The van der Waals surface area contributed by atoms with Crippen LogP contribution in [0.1, 0.15) is 21.7 Å². The van der Waals surface area contributed by atoms with Crippen molar-refractivity contribution in [1.29, 1.82) is 0 Å². The molecule has 1 saturated heterocycles. The van der Waals surface area contributed by atoms with Crippen LogP contribution in [0.4, 0.5) is 0 Å². The van der Waals surface area contributed by atoms with E-state index in [1.165, 1.54) is 11.3 Å². The van der Waals surface area contributed by atoms with E-state index in [2.05, 4.69) is 5.10 Å². The third kappa shape index (κ3) is 2.87. The van der Waals surface area contributed by atoms with Gasteiger partial charge in [0.25, 0.3) is 5.91 Å². The molecule has 1 fully saturated rings. The highest BCUT2D eigenvalue weighted by molar-refractivity contribution is 7.12. The first kappa shape index (κ1) is 14.3. The van der Waals surface area contributed by atoms with Gasteiger partial charge in [0.2, 0.25) is 0 Å². The third-order valence-corrected chi connectivity index (χ3v) is 4.84. The van der Waals surface area contributed by atoms with Gasteiger partial charge in [0.05, 0.1) is 23.2 Å². The van der Waals surface area contributed by atoms with E-state index in [4.69, 9.17) is 4.74 Å². The van der Waals surface area contributed by atoms with Crippen LogP contribution in [0.25, 0.3) is 0 Å². The Bertz CT molecular complexity index is 608. The normalized spacial score (nSPS) is 21.9. The Morgan fingerprint density at radius 3 is 3.05 bits per heavy atom. The fourth-order valence-corrected chi connectivity index (χ4v) is 3.63. The molecule has 0 N–H and O–H groups in total. The molecule has 3 rings (SSSR count). The van der Waals surface area contributed by atoms with E-state index < -0.39 is 0 Å². The summed E-state index contributed by atoms with van der Waals surface area (Å²) in [5, 5.41) is 6.14. The molecular formula is C15H19N3O2S. The minimum atomic E-state index is 0.0776. The molecule has 1 amide bonds. The summed E-state index contributed by atoms with van der Waals surface area (Å²) in [6.45, 7) is 0.750. The zero-order chi connectivity index (χ0) is 14.8. The Morgan fingerprint density at radius 2 is 2.43 bits per heavy atom. The van der Waals surface area contributed by atoms with E-state index >= 15 is 0 Å². The number of rotatable bonds is 4. The first-order valence-corrected chi connectivity index (χ1v) is 7.92. The maximum absolute atomic E-state index is 12.6. The Hall–Kier alpha value is -1.66. The van der Waals surface area contributed by atoms with Crippen LogP contribution >= 0.6 is 11.3 Å². The molecule has 1 aliphatic rings. The van der Waals surface area contributed by atoms with Crippen molar-refractivity contribution in [3.05, 3.63) is 40.3 Å². The van der Waals surface area contributed by atoms with Gasteiger partial charge in [0, 0.05) is 26.9 Å². The first-order chi connectivity index (χ1) is 10.2. The topological polar surface area (TPSA) is 47.4 Å². The van der Waals surface area contributed by atoms with Gasteiger partial charge in [-0.3, -0.25) is 9.48 Å². The van der Waals surface area contributed by atoms with E-state index in [0.29, 0.717) is 0 Å². The van der Waals surface area contributed by atoms with Crippen LogP contribution in [0.5, 0.6) is 0 Å². The third-order valence-electron chi connectivity index (χ3n) is 3.98. The van der Waals surface area contributed by atoms with Crippen molar-refractivity contribution in [2.75, 3.05) is 13.7 Å². The van der Waals surface area contributed by atoms with Crippen LogP contribution < -0.4 is 0 Å². The lowest BCUT2D eigenvalue weighted by atomic mass is 10.0. The predicted molar refractivity (Wildman–Crippen MR) is 81.5 cm³/mol. The maximum atomic E-state index is 12.6. The number of amides is 1. The Morgan fingerprint density at radius 1 is 1.57 bits per heavy atom. The van der Waals surface area contributed by atoms with Gasteiger partial charge in [-0.25, -0.2) is 0 Å². The predicted octanol–water partition coefficient (Wildman–Crippen LogP) is 1.95. The van der Waals surface area contributed by atoms with Gasteiger partial charge >= 0.3 is 0 Å². The van der Waals surface area contributed by atoms with Crippen molar-refractivity contribution >= 4 is 17.2 Å². The average molecular weight is 305 g/mol. The summed E-state index contributed by atoms with van der Waals surface area (Å²) in [6.07, 6.45) is 5.62. The number of carbonyl (C=O) groups is 1. The fraction of sp³-hybridized carbons (Fsp3) is 0.467. The molecule has 112 valence electrons. The minimum Gasteiger partial charge on any atom is -0.379 e. The molecule has 0 radical (unpaired) electrons. The van der Waals surface area contributed by atoms with Crippen LogP contribution in [0.15, 0.2) is 29.9 Å². The highest BCUT2D eigenvalue weighted by Gasteiger charge is 2.37. The largest absolute Gasteiger partial charge is 0.379 e. The van der Waals surface area contributed by atoms with Gasteiger partial charge in [0.1, 0.15) is 0 Å². The number of hydrogen-bond donors (Lipinski definition) is 0. The molecule has 0 saturated carbocycles. The number of carbonyl (C=O) groups excluding carboxylic acids is 1. The molecule has 2 aromatic heterocycles. The summed E-state index contributed by atoms with van der Waals surface area (Å²) in [6, 6.07) is 3.88. The lowest BCUT2D eigenvalue weighted by Crippen LogP contribution is -2.41. The van der Waals surface area contributed by atoms with Crippen LogP contribution in [0.3, 0.4) is 0 Å². The molecule has 6 heteroatoms. The second-order valence-electron chi connectivity index (χ2n) is 5.33. The summed E-state index contributed by atoms with van der Waals surface area (Å²) in [7, 11) is 3.63. The molecular weight excluding hydrogens is 286 g/mol. The molecule has 0 aliphatic carbocycles. The van der Waals surface area contributed by atoms with Crippen molar-refractivity contribution < 1.29 is 9.53 Å². The summed E-state index contributed by atoms with van der Waals surface area (Å²) in [5.74, 6) is 0.110. The highest BCUT2D eigenvalue weighted by atomic mass is 32.1. The van der Waals surface area contributed by atoms with Crippen LogP contribution in [-0.4, -0.2) is 46.4 Å². The summed E-state index contributed by atoms with van der Waals surface area (Å²) in [4.78, 5) is 15.4. The number of aromatic nitrogens is 2. The van der Waals surface area contributed by atoms with E-state index in [9.17, 15) is 4.79 Å². The molecule has 0 bridgehead atoms. The summed E-state index contributed by atoms with van der Waals surface area (Å²) in [5.41, 5.74) is 1.13. The van der Waals surface area contributed by atoms with Gasteiger partial charge in [-0.05, 0) is 29.9 Å². The summed E-state index contributed by atoms with van der Waals surface area (Å²) >= 11 is 1.49. The Kier molecular flexibility index (Phi) is 4.07. The van der Waals surface area contributed by atoms with Crippen molar-refractivity contribution in [3.63, 3.8) is 0 Å². The van der Waals surface area contributed by atoms with Gasteiger partial charge < -0.3 is 9.64 Å². The molecule has 0 unspecified atom stereocenters. The Balaban J connectivity index is 1.80. The van der Waals surface area contributed by atoms with E-state index in [-0.39, 0.29) is 18.1 Å². The van der Waals surface area contributed by atoms with Crippen LogP contribution in [-0.2, 0) is 18.2 Å².